The molecule has 0 atom stereocenters. The molecule has 3 aromatic heterocycles. The average molecular weight is 393 g/mol. The fraction of sp³-hybridized carbons (Fsp3) is 0.429. The van der Waals surface area contributed by atoms with Gasteiger partial charge in [-0.15, -0.1) is 10.2 Å². The first-order valence-electron chi connectivity index (χ1n) is 10.00. The quantitative estimate of drug-likeness (QED) is 0.700. The van der Waals surface area contributed by atoms with Crippen LogP contribution in [0.5, 0.6) is 0 Å². The van der Waals surface area contributed by atoms with Crippen LogP contribution >= 0.6 is 11.3 Å². The Bertz CT molecular complexity index is 1020. The zero-order chi connectivity index (χ0) is 18.9. The highest BCUT2D eigenvalue weighted by molar-refractivity contribution is 7.15. The van der Waals surface area contributed by atoms with Crippen LogP contribution in [-0.4, -0.2) is 45.2 Å². The van der Waals surface area contributed by atoms with E-state index in [9.17, 15) is 0 Å². The number of rotatable bonds is 4. The maximum absolute atomic E-state index is 4.78. The van der Waals surface area contributed by atoms with Crippen molar-refractivity contribution in [3.63, 3.8) is 0 Å². The van der Waals surface area contributed by atoms with Gasteiger partial charge in [0.2, 0.25) is 5.13 Å². The van der Waals surface area contributed by atoms with Gasteiger partial charge in [0.1, 0.15) is 10.8 Å². The van der Waals surface area contributed by atoms with Crippen molar-refractivity contribution in [3.8, 4) is 0 Å². The maximum Gasteiger partial charge on any atom is 0.211 e. The van der Waals surface area contributed by atoms with E-state index in [1.165, 1.54) is 36.8 Å². The number of hydrogen-bond acceptors (Lipinski definition) is 7. The molecule has 28 heavy (non-hydrogen) atoms. The van der Waals surface area contributed by atoms with Crippen molar-refractivity contribution in [2.75, 3.05) is 25.5 Å². The Hall–Kier alpha value is -2.38. The smallest absolute Gasteiger partial charge is 0.211 e. The zero-order valence-electron chi connectivity index (χ0n) is 16.1. The molecular formula is C21H24N6S. The number of aromatic nitrogens is 4. The Morgan fingerprint density at radius 2 is 2.04 bits per heavy atom. The highest BCUT2D eigenvalue weighted by atomic mass is 32.1. The molecule has 144 valence electrons. The molecule has 1 aliphatic carbocycles. The average Bonchev–Trinajstić information content (AvgIpc) is 3.40. The van der Waals surface area contributed by atoms with E-state index in [4.69, 9.17) is 4.98 Å². The first-order valence-corrected chi connectivity index (χ1v) is 10.8. The van der Waals surface area contributed by atoms with E-state index < -0.39 is 0 Å². The number of nitrogens with one attached hydrogen (secondary N) is 1. The second kappa shape index (κ2) is 7.56. The lowest BCUT2D eigenvalue weighted by atomic mass is 10.0. The third-order valence-corrected chi connectivity index (χ3v) is 6.70. The Balaban J connectivity index is 1.38. The lowest BCUT2D eigenvalue weighted by Crippen LogP contribution is -2.23. The first-order chi connectivity index (χ1) is 13.7. The highest BCUT2D eigenvalue weighted by Gasteiger charge is 2.21. The van der Waals surface area contributed by atoms with E-state index in [0.717, 1.165) is 46.5 Å². The molecule has 3 aromatic rings. The van der Waals surface area contributed by atoms with Crippen LogP contribution < -0.4 is 5.32 Å². The molecule has 0 radical (unpaired) electrons. The van der Waals surface area contributed by atoms with Gasteiger partial charge in [0.25, 0.3) is 0 Å². The van der Waals surface area contributed by atoms with Crippen LogP contribution in [0, 0.1) is 0 Å². The molecule has 7 heteroatoms. The molecule has 1 aliphatic heterocycles. The Kier molecular flexibility index (Phi) is 4.78. The van der Waals surface area contributed by atoms with E-state index in [2.05, 4.69) is 44.6 Å². The largest absolute Gasteiger partial charge is 0.315 e. The molecule has 1 fully saturated rings. The number of pyridine rings is 2. The molecule has 1 saturated carbocycles. The molecular weight excluding hydrogens is 368 g/mol. The molecule has 6 nitrogen and oxygen atoms in total. The molecule has 0 amide bonds. The molecule has 1 N–H and O–H groups in total. The molecule has 0 spiro atoms. The van der Waals surface area contributed by atoms with Crippen LogP contribution in [0.25, 0.3) is 16.6 Å². The molecule has 4 heterocycles. The van der Waals surface area contributed by atoms with Gasteiger partial charge >= 0.3 is 0 Å². The standard InChI is InChI=1S/C21H24N6S/c1-27-10-8-14(9-11-27)16-12-18-17(22-13-16)6-7-19(23-18)24-21-26-25-20(28-21)15-4-2-3-5-15/h6-8,12-13,15H,2-5,9-11H2,1H3,(H,23,24,26). The van der Waals surface area contributed by atoms with Crippen LogP contribution in [0.4, 0.5) is 10.9 Å². The van der Waals surface area contributed by atoms with Gasteiger partial charge in [-0.05, 0) is 55.6 Å². The van der Waals surface area contributed by atoms with Gasteiger partial charge in [0.15, 0.2) is 0 Å². The van der Waals surface area contributed by atoms with Crippen molar-refractivity contribution in [1.29, 1.82) is 0 Å². The summed E-state index contributed by atoms with van der Waals surface area (Å²) < 4.78 is 0. The minimum Gasteiger partial charge on any atom is -0.315 e. The predicted octanol–water partition coefficient (Wildman–Crippen LogP) is 4.60. The second-order valence-corrected chi connectivity index (χ2v) is 8.76. The summed E-state index contributed by atoms with van der Waals surface area (Å²) in [5, 5.41) is 14.0. The van der Waals surface area contributed by atoms with E-state index in [1.807, 2.05) is 18.3 Å². The third-order valence-electron chi connectivity index (χ3n) is 5.70. The fourth-order valence-corrected chi connectivity index (χ4v) is 4.94. The van der Waals surface area contributed by atoms with E-state index in [-0.39, 0.29) is 0 Å². The van der Waals surface area contributed by atoms with E-state index in [0.29, 0.717) is 5.92 Å². The molecule has 2 aliphatic rings. The Morgan fingerprint density at radius 3 is 2.86 bits per heavy atom. The number of nitrogens with zero attached hydrogens (tertiary/aromatic N) is 5. The van der Waals surface area contributed by atoms with Gasteiger partial charge in [-0.3, -0.25) is 4.98 Å². The van der Waals surface area contributed by atoms with E-state index >= 15 is 0 Å². The van der Waals surface area contributed by atoms with Crippen molar-refractivity contribution < 1.29 is 0 Å². The van der Waals surface area contributed by atoms with Crippen molar-refractivity contribution >= 4 is 38.9 Å². The van der Waals surface area contributed by atoms with Crippen molar-refractivity contribution in [2.45, 2.75) is 38.0 Å². The normalized spacial score (nSPS) is 18.5. The number of anilines is 2. The van der Waals surface area contributed by atoms with Crippen LogP contribution in [-0.2, 0) is 0 Å². The minimum atomic E-state index is 0.590. The Labute approximate surface area is 168 Å². The topological polar surface area (TPSA) is 66.8 Å². The number of fused-ring (bicyclic) bond motifs is 1. The van der Waals surface area contributed by atoms with Gasteiger partial charge in [0, 0.05) is 25.2 Å². The van der Waals surface area contributed by atoms with Gasteiger partial charge in [-0.2, -0.15) is 0 Å². The van der Waals surface area contributed by atoms with Crippen molar-refractivity contribution in [3.05, 3.63) is 41.0 Å². The lowest BCUT2D eigenvalue weighted by Gasteiger charge is -2.22. The molecule has 0 unspecified atom stereocenters. The fourth-order valence-electron chi connectivity index (χ4n) is 4.02. The van der Waals surface area contributed by atoms with E-state index in [1.54, 1.807) is 11.3 Å². The number of likely N-dealkylation sites (N-methyl/N-ethyl adjacent to an activating group) is 1. The highest BCUT2D eigenvalue weighted by Crippen LogP contribution is 2.37. The monoisotopic (exact) mass is 392 g/mol. The molecule has 0 bridgehead atoms. The minimum absolute atomic E-state index is 0.590. The SMILES string of the molecule is CN1CC=C(c2cnc3ccc(Nc4nnc(C5CCCC5)s4)nc3c2)CC1. The molecule has 0 aromatic carbocycles. The van der Waals surface area contributed by atoms with Gasteiger partial charge in [0.05, 0.1) is 11.0 Å². The summed E-state index contributed by atoms with van der Waals surface area (Å²) >= 11 is 1.65. The summed E-state index contributed by atoms with van der Waals surface area (Å²) in [5.74, 6) is 1.38. The van der Waals surface area contributed by atoms with Gasteiger partial charge < -0.3 is 10.2 Å². The van der Waals surface area contributed by atoms with Crippen LogP contribution in [0.2, 0.25) is 0 Å². The summed E-state index contributed by atoms with van der Waals surface area (Å²) in [6, 6.07) is 6.12. The van der Waals surface area contributed by atoms with Crippen LogP contribution in [0.3, 0.4) is 0 Å². The number of hydrogen-bond donors (Lipinski definition) is 1. The predicted molar refractivity (Wildman–Crippen MR) is 114 cm³/mol. The summed E-state index contributed by atoms with van der Waals surface area (Å²) in [6.07, 6.45) is 10.4. The molecule has 5 rings (SSSR count). The van der Waals surface area contributed by atoms with Gasteiger partial charge in [-0.25, -0.2) is 4.98 Å². The second-order valence-electron chi connectivity index (χ2n) is 7.75. The third kappa shape index (κ3) is 3.64. The van der Waals surface area contributed by atoms with Crippen LogP contribution in [0.1, 0.15) is 48.6 Å². The summed E-state index contributed by atoms with van der Waals surface area (Å²) in [5.41, 5.74) is 4.34. The zero-order valence-corrected chi connectivity index (χ0v) is 16.9. The van der Waals surface area contributed by atoms with Crippen LogP contribution in [0.15, 0.2) is 30.5 Å². The van der Waals surface area contributed by atoms with Crippen molar-refractivity contribution in [1.82, 2.24) is 25.1 Å². The summed E-state index contributed by atoms with van der Waals surface area (Å²) in [7, 11) is 2.15. The summed E-state index contributed by atoms with van der Waals surface area (Å²) in [6.45, 7) is 2.07. The Morgan fingerprint density at radius 1 is 1.14 bits per heavy atom. The summed E-state index contributed by atoms with van der Waals surface area (Å²) in [4.78, 5) is 11.7. The molecule has 0 saturated heterocycles. The lowest BCUT2D eigenvalue weighted by molar-refractivity contribution is 0.370. The van der Waals surface area contributed by atoms with Crippen molar-refractivity contribution in [2.24, 2.45) is 0 Å². The first kappa shape index (κ1) is 17.7. The maximum atomic E-state index is 4.78. The van der Waals surface area contributed by atoms with Gasteiger partial charge in [-0.1, -0.05) is 30.3 Å².